The standard InChI is InChI=1S/C13H25N2.BF4/c1-3-5-7-9-14-11-12-15(13-14)10-8-6-4-2;2-1(3,4)5/h11-13H,3-10H2,1-2H3;/q+1;-1. The molecule has 0 amide bonds. The van der Waals surface area contributed by atoms with E-state index in [0.29, 0.717) is 0 Å². The maximum Gasteiger partial charge on any atom is 0.673 e. The third-order valence-corrected chi connectivity index (χ3v) is 2.79. The SMILES string of the molecule is CCCCCn1cc[n+](CCCCC)c1.F[B-](F)(F)F. The summed E-state index contributed by atoms with van der Waals surface area (Å²) in [5.41, 5.74) is 0. The predicted octanol–water partition coefficient (Wildman–Crippen LogP) is 4.46. The van der Waals surface area contributed by atoms with Crippen molar-refractivity contribution in [1.29, 1.82) is 0 Å². The largest absolute Gasteiger partial charge is 0.673 e. The minimum atomic E-state index is -6.00. The highest BCUT2D eigenvalue weighted by atomic mass is 19.5. The molecule has 0 aliphatic heterocycles. The van der Waals surface area contributed by atoms with Crippen LogP contribution in [-0.2, 0) is 13.1 Å². The molecule has 1 rings (SSSR count). The van der Waals surface area contributed by atoms with Crippen LogP contribution >= 0.6 is 0 Å². The quantitative estimate of drug-likeness (QED) is 0.290. The molecule has 0 spiro atoms. The van der Waals surface area contributed by atoms with E-state index in [9.17, 15) is 17.3 Å². The van der Waals surface area contributed by atoms with Crippen LogP contribution < -0.4 is 4.57 Å². The zero-order chi connectivity index (χ0) is 15.4. The van der Waals surface area contributed by atoms with Crippen LogP contribution in [0.25, 0.3) is 0 Å². The van der Waals surface area contributed by atoms with Crippen LogP contribution in [-0.4, -0.2) is 11.8 Å². The van der Waals surface area contributed by atoms with Gasteiger partial charge in [-0.05, 0) is 25.7 Å². The number of aromatic nitrogens is 2. The van der Waals surface area contributed by atoms with Crippen molar-refractivity contribution in [2.75, 3.05) is 0 Å². The van der Waals surface area contributed by atoms with E-state index in [2.05, 4.69) is 41.7 Å². The maximum atomic E-state index is 9.75. The van der Waals surface area contributed by atoms with Crippen molar-refractivity contribution in [1.82, 2.24) is 4.57 Å². The number of aryl methyl sites for hydroxylation is 2. The summed E-state index contributed by atoms with van der Waals surface area (Å²) in [6.45, 7) is 6.85. The molecule has 2 nitrogen and oxygen atoms in total. The van der Waals surface area contributed by atoms with Crippen LogP contribution in [0.4, 0.5) is 17.3 Å². The fourth-order valence-corrected chi connectivity index (χ4v) is 1.79. The van der Waals surface area contributed by atoms with E-state index in [1.165, 1.54) is 51.6 Å². The lowest BCUT2D eigenvalue weighted by atomic mass is 10.2. The Bertz CT molecular complexity index is 309. The minimum absolute atomic E-state index is 1.18. The summed E-state index contributed by atoms with van der Waals surface area (Å²) in [5, 5.41) is 0. The van der Waals surface area contributed by atoms with Gasteiger partial charge in [-0.2, -0.15) is 0 Å². The molecule has 0 unspecified atom stereocenters. The second-order valence-electron chi connectivity index (χ2n) is 4.80. The third-order valence-electron chi connectivity index (χ3n) is 2.79. The summed E-state index contributed by atoms with van der Waals surface area (Å²) in [5.74, 6) is 0. The second kappa shape index (κ2) is 10.7. The van der Waals surface area contributed by atoms with Crippen molar-refractivity contribution < 1.29 is 21.8 Å². The van der Waals surface area contributed by atoms with Gasteiger partial charge in [0.25, 0.3) is 0 Å². The lowest BCUT2D eigenvalue weighted by Gasteiger charge is -1.96. The zero-order valence-electron chi connectivity index (χ0n) is 12.4. The average Bonchev–Trinajstić information content (AvgIpc) is 2.76. The maximum absolute atomic E-state index is 9.75. The first-order chi connectivity index (χ1) is 9.36. The van der Waals surface area contributed by atoms with Gasteiger partial charge < -0.3 is 17.3 Å². The Morgan fingerprint density at radius 3 is 2.05 bits per heavy atom. The first-order valence-electron chi connectivity index (χ1n) is 7.29. The summed E-state index contributed by atoms with van der Waals surface area (Å²) in [6.07, 6.45) is 14.5. The van der Waals surface area contributed by atoms with E-state index < -0.39 is 7.25 Å². The van der Waals surface area contributed by atoms with E-state index in [4.69, 9.17) is 0 Å². The van der Waals surface area contributed by atoms with Gasteiger partial charge in [0.2, 0.25) is 6.33 Å². The van der Waals surface area contributed by atoms with Gasteiger partial charge in [0, 0.05) is 0 Å². The number of halogens is 4. The smallest absolute Gasteiger partial charge is 0.418 e. The zero-order valence-corrected chi connectivity index (χ0v) is 12.4. The van der Waals surface area contributed by atoms with Crippen molar-refractivity contribution in [2.45, 2.75) is 65.5 Å². The molecule has 7 heteroatoms. The highest BCUT2D eigenvalue weighted by molar-refractivity contribution is 6.50. The van der Waals surface area contributed by atoms with E-state index in [1.807, 2.05) is 0 Å². The number of rotatable bonds is 8. The van der Waals surface area contributed by atoms with Crippen LogP contribution in [0.15, 0.2) is 18.7 Å². The van der Waals surface area contributed by atoms with E-state index >= 15 is 0 Å². The van der Waals surface area contributed by atoms with Gasteiger partial charge in [0.05, 0.1) is 13.1 Å². The third kappa shape index (κ3) is 13.4. The predicted molar refractivity (Wildman–Crippen MR) is 73.9 cm³/mol. The Balaban J connectivity index is 0.000000621. The Morgan fingerprint density at radius 2 is 1.50 bits per heavy atom. The van der Waals surface area contributed by atoms with Gasteiger partial charge in [-0.1, -0.05) is 26.7 Å². The average molecular weight is 296 g/mol. The normalized spacial score (nSPS) is 11.1. The molecule has 0 N–H and O–H groups in total. The molecular weight excluding hydrogens is 271 g/mol. The van der Waals surface area contributed by atoms with Crippen LogP contribution in [0, 0.1) is 0 Å². The van der Waals surface area contributed by atoms with Crippen molar-refractivity contribution in [2.24, 2.45) is 0 Å². The molecule has 0 radical (unpaired) electrons. The highest BCUT2D eigenvalue weighted by Gasteiger charge is 2.20. The molecule has 0 fully saturated rings. The van der Waals surface area contributed by atoms with Gasteiger partial charge in [-0.15, -0.1) is 0 Å². The molecule has 20 heavy (non-hydrogen) atoms. The Labute approximate surface area is 118 Å². The number of nitrogens with zero attached hydrogens (tertiary/aromatic N) is 2. The van der Waals surface area contributed by atoms with Gasteiger partial charge in [-0.25, -0.2) is 9.13 Å². The first kappa shape index (κ1) is 19.0. The van der Waals surface area contributed by atoms with Gasteiger partial charge in [0.15, 0.2) is 0 Å². The van der Waals surface area contributed by atoms with E-state index in [0.717, 1.165) is 0 Å². The van der Waals surface area contributed by atoms with Crippen LogP contribution in [0.2, 0.25) is 0 Å². The van der Waals surface area contributed by atoms with Crippen LogP contribution in [0.3, 0.4) is 0 Å². The first-order valence-corrected chi connectivity index (χ1v) is 7.29. The molecule has 1 aromatic rings. The second-order valence-corrected chi connectivity index (χ2v) is 4.80. The molecule has 0 bridgehead atoms. The van der Waals surface area contributed by atoms with Crippen LogP contribution in [0.5, 0.6) is 0 Å². The molecule has 0 saturated carbocycles. The van der Waals surface area contributed by atoms with Gasteiger partial charge >= 0.3 is 7.25 Å². The molecule has 118 valence electrons. The summed E-state index contributed by atoms with van der Waals surface area (Å²) >= 11 is 0. The summed E-state index contributed by atoms with van der Waals surface area (Å²) in [6, 6.07) is 0. The summed E-state index contributed by atoms with van der Waals surface area (Å²) < 4.78 is 43.6. The molecule has 0 aliphatic carbocycles. The van der Waals surface area contributed by atoms with Gasteiger partial charge in [-0.3, -0.25) is 0 Å². The minimum Gasteiger partial charge on any atom is -0.418 e. The number of hydrogen-bond acceptors (Lipinski definition) is 0. The summed E-state index contributed by atoms with van der Waals surface area (Å²) in [4.78, 5) is 0. The molecule has 1 heterocycles. The Hall–Kier alpha value is -1.01. The monoisotopic (exact) mass is 296 g/mol. The number of unbranched alkanes of at least 4 members (excludes halogenated alkanes) is 4. The molecule has 0 aromatic carbocycles. The molecule has 1 aromatic heterocycles. The number of imidazole rings is 1. The molecule has 0 aliphatic rings. The fraction of sp³-hybridized carbons (Fsp3) is 0.769. The van der Waals surface area contributed by atoms with E-state index in [1.54, 1.807) is 0 Å². The van der Waals surface area contributed by atoms with Crippen molar-refractivity contribution in [3.63, 3.8) is 0 Å². The topological polar surface area (TPSA) is 8.81 Å². The van der Waals surface area contributed by atoms with Crippen molar-refractivity contribution in [3.05, 3.63) is 18.7 Å². The van der Waals surface area contributed by atoms with E-state index in [-0.39, 0.29) is 0 Å². The fourth-order valence-electron chi connectivity index (χ4n) is 1.79. The lowest BCUT2D eigenvalue weighted by molar-refractivity contribution is -0.696. The van der Waals surface area contributed by atoms with Crippen LogP contribution in [0.1, 0.15) is 52.4 Å². The van der Waals surface area contributed by atoms with Gasteiger partial charge in [0.1, 0.15) is 12.4 Å². The Kier molecular flexibility index (Phi) is 10.2. The molecule has 0 atom stereocenters. The van der Waals surface area contributed by atoms with Crippen molar-refractivity contribution >= 4 is 7.25 Å². The summed E-state index contributed by atoms with van der Waals surface area (Å²) in [7, 11) is -6.00. The Morgan fingerprint density at radius 1 is 0.950 bits per heavy atom. The lowest BCUT2D eigenvalue weighted by Crippen LogP contribution is -2.30. The molecular formula is C13H25BF4N2. The van der Waals surface area contributed by atoms with Crippen molar-refractivity contribution in [3.8, 4) is 0 Å². The highest BCUT2D eigenvalue weighted by Crippen LogP contribution is 2.06. The molecule has 0 saturated heterocycles. The number of hydrogen-bond donors (Lipinski definition) is 0.